The van der Waals surface area contributed by atoms with Crippen LogP contribution in [0.2, 0.25) is 0 Å². The Balaban J connectivity index is 1.69. The van der Waals surface area contributed by atoms with Crippen molar-refractivity contribution in [2.24, 2.45) is 0 Å². The predicted molar refractivity (Wildman–Crippen MR) is 192 cm³/mol. The zero-order chi connectivity index (χ0) is 35.0. The molecule has 49 heavy (non-hydrogen) atoms. The average Bonchev–Trinajstić information content (AvgIpc) is 3.12. The maximum Gasteiger partial charge on any atom is 0.119 e. The summed E-state index contributed by atoms with van der Waals surface area (Å²) in [6.07, 6.45) is 11.3. The van der Waals surface area contributed by atoms with Crippen LogP contribution in [0.5, 0.6) is 5.75 Å². The lowest BCUT2D eigenvalue weighted by molar-refractivity contribution is -0.0267. The van der Waals surface area contributed by atoms with Gasteiger partial charge in [-0.05, 0) is 37.0 Å². The summed E-state index contributed by atoms with van der Waals surface area (Å²) in [7, 11) is 0. The first kappa shape index (κ1) is 45.6. The fraction of sp³-hybridized carbons (Fsp3) is 0.842. The molecule has 0 radical (unpaired) electrons. The van der Waals surface area contributed by atoms with Crippen LogP contribution >= 0.6 is 0 Å². The molecule has 1 aromatic rings. The minimum atomic E-state index is 0.520. The summed E-state index contributed by atoms with van der Waals surface area (Å²) < 4.78 is 60.8. The minimum absolute atomic E-state index is 0.520. The van der Waals surface area contributed by atoms with Crippen molar-refractivity contribution in [2.45, 2.75) is 71.6 Å². The molecule has 11 nitrogen and oxygen atoms in total. The number of rotatable bonds is 41. The summed E-state index contributed by atoms with van der Waals surface area (Å²) in [6, 6.07) is 8.44. The molecular formula is C38H70O11. The van der Waals surface area contributed by atoms with E-state index in [9.17, 15) is 0 Å². The Morgan fingerprint density at radius 1 is 0.306 bits per heavy atom. The fourth-order valence-electron chi connectivity index (χ4n) is 4.41. The molecule has 0 bridgehead atoms. The zero-order valence-corrected chi connectivity index (χ0v) is 31.0. The molecule has 0 aliphatic heterocycles. The van der Waals surface area contributed by atoms with Gasteiger partial charge in [-0.1, -0.05) is 64.5 Å². The molecule has 1 rings (SSSR count). The molecule has 0 atom stereocenters. The summed E-state index contributed by atoms with van der Waals surface area (Å²) in [6.45, 7) is 16.0. The highest BCUT2D eigenvalue weighted by Crippen LogP contribution is 2.15. The van der Waals surface area contributed by atoms with Crippen molar-refractivity contribution in [3.8, 4) is 5.75 Å². The SMILES string of the molecule is CCCCCCCCc1ccc(OCCOCCOCCOCCOCCOCCOCCOCCOCCOCCOCCCC)cc1. The maximum absolute atomic E-state index is 5.77. The van der Waals surface area contributed by atoms with E-state index in [-0.39, 0.29) is 0 Å². The molecule has 11 heteroatoms. The molecule has 0 aromatic heterocycles. The lowest BCUT2D eigenvalue weighted by atomic mass is 10.0. The van der Waals surface area contributed by atoms with Crippen LogP contribution in [0.4, 0.5) is 0 Å². The number of ether oxygens (including phenoxy) is 11. The van der Waals surface area contributed by atoms with Gasteiger partial charge in [0.25, 0.3) is 0 Å². The van der Waals surface area contributed by atoms with Crippen LogP contribution < -0.4 is 4.74 Å². The fourth-order valence-corrected chi connectivity index (χ4v) is 4.41. The van der Waals surface area contributed by atoms with Crippen LogP contribution in [0.15, 0.2) is 24.3 Å². The first-order valence-corrected chi connectivity index (χ1v) is 18.9. The maximum atomic E-state index is 5.77. The van der Waals surface area contributed by atoms with Crippen LogP contribution in [0.3, 0.4) is 0 Å². The average molecular weight is 703 g/mol. The summed E-state index contributed by atoms with van der Waals surface area (Å²) in [4.78, 5) is 0. The predicted octanol–water partition coefficient (Wildman–Crippen LogP) is 5.93. The number of unbranched alkanes of at least 4 members (excludes halogenated alkanes) is 6. The van der Waals surface area contributed by atoms with Crippen molar-refractivity contribution in [1.29, 1.82) is 0 Å². The molecule has 1 aromatic carbocycles. The van der Waals surface area contributed by atoms with Gasteiger partial charge in [0.15, 0.2) is 0 Å². The first-order valence-electron chi connectivity index (χ1n) is 18.9. The molecule has 0 unspecified atom stereocenters. The second-order valence-electron chi connectivity index (χ2n) is 11.5. The second-order valence-corrected chi connectivity index (χ2v) is 11.5. The van der Waals surface area contributed by atoms with E-state index in [2.05, 4.69) is 38.1 Å². The third kappa shape index (κ3) is 34.8. The highest BCUT2D eigenvalue weighted by Gasteiger charge is 1.99. The first-order chi connectivity index (χ1) is 24.4. The van der Waals surface area contributed by atoms with Gasteiger partial charge in [-0.25, -0.2) is 0 Å². The van der Waals surface area contributed by atoms with Crippen molar-refractivity contribution in [3.63, 3.8) is 0 Å². The van der Waals surface area contributed by atoms with Crippen molar-refractivity contribution >= 4 is 0 Å². The Kier molecular flexibility index (Phi) is 36.7. The second kappa shape index (κ2) is 39.4. The van der Waals surface area contributed by atoms with Crippen molar-refractivity contribution in [2.75, 3.05) is 139 Å². The normalized spacial score (nSPS) is 11.5. The molecule has 0 aliphatic rings. The number of aryl methyl sites for hydroxylation is 1. The van der Waals surface area contributed by atoms with E-state index < -0.39 is 0 Å². The van der Waals surface area contributed by atoms with E-state index in [0.717, 1.165) is 31.6 Å². The standard InChI is InChI=1S/C38H70O11/c1-3-5-7-8-9-10-11-37-12-14-38(15-13-37)49-36-35-48-34-33-47-32-31-46-30-29-45-28-27-44-26-25-43-24-23-42-22-21-41-20-19-40-18-17-39-16-6-4-2/h12-15H,3-11,16-36H2,1-2H3. The third-order valence-electron chi connectivity index (χ3n) is 7.23. The topological polar surface area (TPSA) is 102 Å². The number of hydrogen-bond donors (Lipinski definition) is 0. The van der Waals surface area contributed by atoms with Crippen LogP contribution in [0.1, 0.15) is 70.8 Å². The minimum Gasteiger partial charge on any atom is -0.491 e. The van der Waals surface area contributed by atoms with Gasteiger partial charge >= 0.3 is 0 Å². The number of benzene rings is 1. The lowest BCUT2D eigenvalue weighted by Crippen LogP contribution is -2.15. The van der Waals surface area contributed by atoms with Gasteiger partial charge in [0.2, 0.25) is 0 Å². The Labute approximate surface area is 297 Å². The van der Waals surface area contributed by atoms with Gasteiger partial charge in [0.1, 0.15) is 12.4 Å². The highest BCUT2D eigenvalue weighted by molar-refractivity contribution is 5.27. The smallest absolute Gasteiger partial charge is 0.119 e. The molecule has 0 aliphatic carbocycles. The van der Waals surface area contributed by atoms with Gasteiger partial charge in [-0.2, -0.15) is 0 Å². The van der Waals surface area contributed by atoms with E-state index in [1.54, 1.807) is 0 Å². The zero-order valence-electron chi connectivity index (χ0n) is 31.0. The van der Waals surface area contributed by atoms with Crippen LogP contribution in [0, 0.1) is 0 Å². The summed E-state index contributed by atoms with van der Waals surface area (Å²) in [5.74, 6) is 0.888. The van der Waals surface area contributed by atoms with Gasteiger partial charge in [0, 0.05) is 6.61 Å². The van der Waals surface area contributed by atoms with Gasteiger partial charge in [0.05, 0.1) is 126 Å². The molecular weight excluding hydrogens is 632 g/mol. The molecule has 0 fully saturated rings. The molecule has 0 spiro atoms. The number of hydrogen-bond acceptors (Lipinski definition) is 11. The van der Waals surface area contributed by atoms with Crippen molar-refractivity contribution in [3.05, 3.63) is 29.8 Å². The largest absolute Gasteiger partial charge is 0.491 e. The summed E-state index contributed by atoms with van der Waals surface area (Å²) in [5.41, 5.74) is 1.38. The molecule has 288 valence electrons. The molecule has 0 saturated heterocycles. The van der Waals surface area contributed by atoms with E-state index in [4.69, 9.17) is 52.1 Å². The molecule has 0 amide bonds. The Morgan fingerprint density at radius 2 is 0.612 bits per heavy atom. The Morgan fingerprint density at radius 3 is 0.980 bits per heavy atom. The monoisotopic (exact) mass is 702 g/mol. The highest BCUT2D eigenvalue weighted by atomic mass is 16.6. The Bertz CT molecular complexity index is 754. The van der Waals surface area contributed by atoms with Crippen molar-refractivity contribution in [1.82, 2.24) is 0 Å². The van der Waals surface area contributed by atoms with Gasteiger partial charge in [-0.15, -0.1) is 0 Å². The van der Waals surface area contributed by atoms with E-state index in [0.29, 0.717) is 132 Å². The van der Waals surface area contributed by atoms with Crippen LogP contribution in [0.25, 0.3) is 0 Å². The van der Waals surface area contributed by atoms with Crippen LogP contribution in [-0.4, -0.2) is 139 Å². The summed E-state index contributed by atoms with van der Waals surface area (Å²) in [5, 5.41) is 0. The van der Waals surface area contributed by atoms with E-state index in [1.807, 2.05) is 0 Å². The van der Waals surface area contributed by atoms with E-state index in [1.165, 1.54) is 44.1 Å². The molecule has 0 heterocycles. The third-order valence-corrected chi connectivity index (χ3v) is 7.23. The lowest BCUT2D eigenvalue weighted by Gasteiger charge is -2.09. The Hall–Kier alpha value is -1.38. The molecule has 0 N–H and O–H groups in total. The van der Waals surface area contributed by atoms with Crippen LogP contribution in [-0.2, 0) is 53.8 Å². The quantitative estimate of drug-likeness (QED) is 0.0759. The molecule has 0 saturated carbocycles. The van der Waals surface area contributed by atoms with E-state index >= 15 is 0 Å². The summed E-state index contributed by atoms with van der Waals surface area (Å²) >= 11 is 0. The van der Waals surface area contributed by atoms with Crippen molar-refractivity contribution < 1.29 is 52.1 Å². The van der Waals surface area contributed by atoms with Gasteiger partial charge < -0.3 is 52.1 Å². The van der Waals surface area contributed by atoms with Gasteiger partial charge in [-0.3, -0.25) is 0 Å².